The minimum Gasteiger partial charge on any atom is -0.477 e. The van der Waals surface area contributed by atoms with Crippen molar-refractivity contribution in [2.24, 2.45) is 0 Å². The first-order valence-corrected chi connectivity index (χ1v) is 4.76. The molecule has 0 radical (unpaired) electrons. The topological polar surface area (TPSA) is 98.2 Å². The molecule has 0 amide bonds. The van der Waals surface area contributed by atoms with Gasteiger partial charge in [-0.2, -0.15) is 0 Å². The van der Waals surface area contributed by atoms with Crippen LogP contribution in [0, 0.1) is 0 Å². The molecule has 2 rings (SSSR count). The molecule has 0 aliphatic carbocycles. The van der Waals surface area contributed by atoms with Crippen molar-refractivity contribution >= 4 is 11.7 Å². The number of rotatable bonds is 2. The molecule has 2 heterocycles. The molecule has 0 atom stereocenters. The monoisotopic (exact) mass is 231 g/mol. The van der Waals surface area contributed by atoms with Gasteiger partial charge in [0.15, 0.2) is 0 Å². The van der Waals surface area contributed by atoms with Gasteiger partial charge in [-0.25, -0.2) is 4.79 Å². The van der Waals surface area contributed by atoms with E-state index in [1.165, 1.54) is 23.0 Å². The van der Waals surface area contributed by atoms with Gasteiger partial charge in [-0.05, 0) is 18.2 Å². The SMILES string of the molecule is Nc1ccn(-c2cccnc2)c(=O)c1C(=O)O. The third-order valence-electron chi connectivity index (χ3n) is 2.26. The van der Waals surface area contributed by atoms with Crippen LogP contribution < -0.4 is 11.3 Å². The highest BCUT2D eigenvalue weighted by atomic mass is 16.4. The Labute approximate surface area is 96.0 Å². The predicted octanol–water partition coefficient (Wildman–Crippen LogP) is 0.513. The molecule has 2 aromatic heterocycles. The Morgan fingerprint density at radius 2 is 2.18 bits per heavy atom. The van der Waals surface area contributed by atoms with E-state index in [-0.39, 0.29) is 5.69 Å². The number of pyridine rings is 2. The van der Waals surface area contributed by atoms with Crippen molar-refractivity contribution in [1.82, 2.24) is 9.55 Å². The molecule has 0 aliphatic rings. The van der Waals surface area contributed by atoms with Gasteiger partial charge < -0.3 is 10.8 Å². The van der Waals surface area contributed by atoms with Crippen LogP contribution in [0.1, 0.15) is 10.4 Å². The number of carboxylic acids is 1. The van der Waals surface area contributed by atoms with Gasteiger partial charge in [0.25, 0.3) is 5.56 Å². The number of aromatic nitrogens is 2. The van der Waals surface area contributed by atoms with Crippen LogP contribution in [0.15, 0.2) is 41.6 Å². The summed E-state index contributed by atoms with van der Waals surface area (Å²) in [6.07, 6.45) is 4.44. The number of hydrogen-bond acceptors (Lipinski definition) is 4. The molecule has 0 aliphatic heterocycles. The fourth-order valence-corrected chi connectivity index (χ4v) is 1.46. The van der Waals surface area contributed by atoms with Gasteiger partial charge in [-0.1, -0.05) is 0 Å². The predicted molar refractivity (Wildman–Crippen MR) is 61.2 cm³/mol. The van der Waals surface area contributed by atoms with E-state index in [9.17, 15) is 9.59 Å². The highest BCUT2D eigenvalue weighted by molar-refractivity contribution is 5.93. The molecular formula is C11H9N3O3. The number of carbonyl (C=O) groups is 1. The number of nitrogen functional groups attached to an aromatic ring is 1. The minimum absolute atomic E-state index is 0.0531. The standard InChI is InChI=1S/C11H9N3O3/c12-8-3-5-14(7-2-1-4-13-6-7)10(15)9(8)11(16)17/h1-6H,12H2,(H,16,17). The largest absolute Gasteiger partial charge is 0.477 e. The Bertz CT molecular complexity index is 620. The molecule has 2 aromatic rings. The van der Waals surface area contributed by atoms with E-state index in [2.05, 4.69) is 4.98 Å². The fraction of sp³-hybridized carbons (Fsp3) is 0. The van der Waals surface area contributed by atoms with Gasteiger partial charge in [0, 0.05) is 12.4 Å². The van der Waals surface area contributed by atoms with Crippen LogP contribution in [-0.4, -0.2) is 20.6 Å². The van der Waals surface area contributed by atoms with E-state index in [0.29, 0.717) is 5.69 Å². The number of aromatic carboxylic acids is 1. The lowest BCUT2D eigenvalue weighted by molar-refractivity contribution is 0.0696. The van der Waals surface area contributed by atoms with Crippen molar-refractivity contribution in [3.8, 4) is 5.69 Å². The molecule has 17 heavy (non-hydrogen) atoms. The molecule has 86 valence electrons. The van der Waals surface area contributed by atoms with Gasteiger partial charge in [-0.3, -0.25) is 14.3 Å². The summed E-state index contributed by atoms with van der Waals surface area (Å²) in [5.41, 5.74) is 4.78. The van der Waals surface area contributed by atoms with Gasteiger partial charge in [-0.15, -0.1) is 0 Å². The maximum absolute atomic E-state index is 11.9. The van der Waals surface area contributed by atoms with Crippen LogP contribution in [0.4, 0.5) is 5.69 Å². The molecule has 6 heteroatoms. The summed E-state index contributed by atoms with van der Waals surface area (Å²) in [5.74, 6) is -1.34. The zero-order chi connectivity index (χ0) is 12.4. The zero-order valence-corrected chi connectivity index (χ0v) is 8.70. The van der Waals surface area contributed by atoms with E-state index in [1.54, 1.807) is 18.3 Å². The average molecular weight is 231 g/mol. The van der Waals surface area contributed by atoms with E-state index >= 15 is 0 Å². The molecule has 0 unspecified atom stereocenters. The Morgan fingerprint density at radius 1 is 1.41 bits per heavy atom. The maximum atomic E-state index is 11.9. The highest BCUT2D eigenvalue weighted by Crippen LogP contribution is 2.09. The Hall–Kier alpha value is -2.63. The maximum Gasteiger partial charge on any atom is 0.343 e. The smallest absolute Gasteiger partial charge is 0.343 e. The molecule has 0 saturated carbocycles. The summed E-state index contributed by atoms with van der Waals surface area (Å²) < 4.78 is 1.19. The number of carboxylic acid groups (broad SMARTS) is 1. The van der Waals surface area contributed by atoms with Crippen molar-refractivity contribution in [3.63, 3.8) is 0 Å². The second-order valence-corrected chi connectivity index (χ2v) is 3.34. The minimum atomic E-state index is -1.34. The molecular weight excluding hydrogens is 222 g/mol. The second-order valence-electron chi connectivity index (χ2n) is 3.34. The normalized spacial score (nSPS) is 10.1. The van der Waals surface area contributed by atoms with E-state index in [1.807, 2.05) is 0 Å². The first-order valence-electron chi connectivity index (χ1n) is 4.76. The van der Waals surface area contributed by atoms with E-state index in [4.69, 9.17) is 10.8 Å². The lowest BCUT2D eigenvalue weighted by Crippen LogP contribution is -2.26. The Balaban J connectivity index is 2.71. The quantitative estimate of drug-likeness (QED) is 0.784. The van der Waals surface area contributed by atoms with E-state index in [0.717, 1.165) is 0 Å². The van der Waals surface area contributed by atoms with Crippen LogP contribution in [0.3, 0.4) is 0 Å². The van der Waals surface area contributed by atoms with Gasteiger partial charge in [0.1, 0.15) is 5.56 Å². The summed E-state index contributed by atoms with van der Waals surface area (Å²) in [5, 5.41) is 8.91. The van der Waals surface area contributed by atoms with Crippen molar-refractivity contribution < 1.29 is 9.90 Å². The number of anilines is 1. The summed E-state index contributed by atoms with van der Waals surface area (Å²) >= 11 is 0. The van der Waals surface area contributed by atoms with Crippen molar-refractivity contribution in [2.45, 2.75) is 0 Å². The number of nitrogens with two attached hydrogens (primary N) is 1. The Morgan fingerprint density at radius 3 is 2.76 bits per heavy atom. The highest BCUT2D eigenvalue weighted by Gasteiger charge is 2.15. The van der Waals surface area contributed by atoms with Crippen LogP contribution in [0.25, 0.3) is 5.69 Å². The summed E-state index contributed by atoms with van der Waals surface area (Å²) in [4.78, 5) is 26.7. The van der Waals surface area contributed by atoms with Crippen molar-refractivity contribution in [2.75, 3.05) is 5.73 Å². The third-order valence-corrected chi connectivity index (χ3v) is 2.26. The number of hydrogen-bond donors (Lipinski definition) is 2. The summed E-state index contributed by atoms with van der Waals surface area (Å²) in [6, 6.07) is 4.67. The molecule has 0 bridgehead atoms. The van der Waals surface area contributed by atoms with Crippen LogP contribution in [0.2, 0.25) is 0 Å². The molecule has 0 aromatic carbocycles. The van der Waals surface area contributed by atoms with Crippen LogP contribution in [0.5, 0.6) is 0 Å². The lowest BCUT2D eigenvalue weighted by Gasteiger charge is -2.07. The van der Waals surface area contributed by atoms with Crippen molar-refractivity contribution in [3.05, 3.63) is 52.7 Å². The fourth-order valence-electron chi connectivity index (χ4n) is 1.46. The molecule has 0 saturated heterocycles. The molecule has 6 nitrogen and oxygen atoms in total. The molecule has 3 N–H and O–H groups in total. The van der Waals surface area contributed by atoms with Crippen molar-refractivity contribution in [1.29, 1.82) is 0 Å². The lowest BCUT2D eigenvalue weighted by atomic mass is 10.2. The molecule has 0 spiro atoms. The number of nitrogens with zero attached hydrogens (tertiary/aromatic N) is 2. The van der Waals surface area contributed by atoms with Gasteiger partial charge in [0.2, 0.25) is 0 Å². The summed E-state index contributed by atoms with van der Waals surface area (Å²) in [7, 11) is 0. The average Bonchev–Trinajstić information content (AvgIpc) is 2.30. The first-order chi connectivity index (χ1) is 8.11. The second kappa shape index (κ2) is 4.09. The van der Waals surface area contributed by atoms with Crippen LogP contribution in [-0.2, 0) is 0 Å². The van der Waals surface area contributed by atoms with Crippen LogP contribution >= 0.6 is 0 Å². The first kappa shape index (κ1) is 10.9. The van der Waals surface area contributed by atoms with E-state index < -0.39 is 17.1 Å². The molecule has 0 fully saturated rings. The van der Waals surface area contributed by atoms with Gasteiger partial charge in [0.05, 0.1) is 17.6 Å². The third kappa shape index (κ3) is 1.87. The zero-order valence-electron chi connectivity index (χ0n) is 8.70. The van der Waals surface area contributed by atoms with Gasteiger partial charge >= 0.3 is 5.97 Å². The Kier molecular flexibility index (Phi) is 2.61. The summed E-state index contributed by atoms with van der Waals surface area (Å²) in [6.45, 7) is 0.